The fourth-order valence-electron chi connectivity index (χ4n) is 2.09. The smallest absolute Gasteiger partial charge is 0.119 e. The lowest BCUT2D eigenvalue weighted by Gasteiger charge is -2.25. The summed E-state index contributed by atoms with van der Waals surface area (Å²) in [5, 5.41) is 10.7. The van der Waals surface area contributed by atoms with Crippen molar-refractivity contribution in [1.29, 1.82) is 0 Å². The lowest BCUT2D eigenvalue weighted by molar-refractivity contribution is 0.102. The van der Waals surface area contributed by atoms with E-state index in [2.05, 4.69) is 0 Å². The second-order valence-corrected chi connectivity index (χ2v) is 4.90. The average molecular weight is 256 g/mol. The molecule has 0 amide bonds. The minimum atomic E-state index is -0.988. The molecule has 0 spiro atoms. The Morgan fingerprint density at radius 3 is 1.89 bits per heavy atom. The van der Waals surface area contributed by atoms with E-state index in [1.165, 1.54) is 5.56 Å². The summed E-state index contributed by atoms with van der Waals surface area (Å²) in [5.74, 6) is 0.825. The summed E-state index contributed by atoms with van der Waals surface area (Å²) in [7, 11) is 0. The van der Waals surface area contributed by atoms with Gasteiger partial charge in [0.15, 0.2) is 0 Å². The molecule has 0 bridgehead atoms. The van der Waals surface area contributed by atoms with Gasteiger partial charge in [-0.05, 0) is 44.0 Å². The fourth-order valence-corrected chi connectivity index (χ4v) is 2.09. The Bertz CT molecular complexity index is 524. The lowest BCUT2D eigenvalue weighted by Crippen LogP contribution is -2.22. The molecule has 1 N–H and O–H groups in total. The number of aliphatic hydroxyl groups is 1. The first-order valence-corrected chi connectivity index (χ1v) is 6.57. The second-order valence-electron chi connectivity index (χ2n) is 4.90. The molecule has 0 fully saturated rings. The van der Waals surface area contributed by atoms with Crippen LogP contribution in [0.15, 0.2) is 48.5 Å². The highest BCUT2D eigenvalue weighted by molar-refractivity contribution is 5.38. The maximum absolute atomic E-state index is 10.7. The van der Waals surface area contributed by atoms with Gasteiger partial charge in [0.2, 0.25) is 0 Å². The van der Waals surface area contributed by atoms with Crippen molar-refractivity contribution in [3.8, 4) is 5.75 Å². The molecular formula is C17H20O2. The molecule has 0 aromatic heterocycles. The molecule has 0 saturated carbocycles. The predicted octanol–water partition coefficient (Wildman–Crippen LogP) is 3.65. The van der Waals surface area contributed by atoms with Gasteiger partial charge in [0.05, 0.1) is 6.61 Å². The quantitative estimate of drug-likeness (QED) is 0.904. The van der Waals surface area contributed by atoms with Crippen molar-refractivity contribution in [3.05, 3.63) is 65.2 Å². The number of aryl methyl sites for hydroxylation is 1. The summed E-state index contributed by atoms with van der Waals surface area (Å²) in [6.45, 7) is 6.45. The van der Waals surface area contributed by atoms with Gasteiger partial charge in [-0.1, -0.05) is 42.0 Å². The van der Waals surface area contributed by atoms with E-state index in [1.54, 1.807) is 0 Å². The van der Waals surface area contributed by atoms with E-state index in [0.29, 0.717) is 6.61 Å². The van der Waals surface area contributed by atoms with Gasteiger partial charge >= 0.3 is 0 Å². The molecule has 19 heavy (non-hydrogen) atoms. The molecule has 2 nitrogen and oxygen atoms in total. The lowest BCUT2D eigenvalue weighted by atomic mass is 9.88. The normalized spacial score (nSPS) is 13.9. The van der Waals surface area contributed by atoms with Crippen molar-refractivity contribution in [1.82, 2.24) is 0 Å². The van der Waals surface area contributed by atoms with Gasteiger partial charge in [-0.15, -0.1) is 0 Å². The van der Waals surface area contributed by atoms with E-state index in [-0.39, 0.29) is 0 Å². The minimum Gasteiger partial charge on any atom is -0.494 e. The largest absolute Gasteiger partial charge is 0.494 e. The molecule has 0 saturated heterocycles. The van der Waals surface area contributed by atoms with E-state index in [9.17, 15) is 5.11 Å². The molecule has 100 valence electrons. The molecule has 0 aliphatic heterocycles. The van der Waals surface area contributed by atoms with Crippen molar-refractivity contribution in [2.75, 3.05) is 6.61 Å². The van der Waals surface area contributed by atoms with Gasteiger partial charge in [-0.3, -0.25) is 0 Å². The second kappa shape index (κ2) is 5.45. The third kappa shape index (κ3) is 2.96. The van der Waals surface area contributed by atoms with Crippen LogP contribution in [0.3, 0.4) is 0 Å². The van der Waals surface area contributed by atoms with Crippen molar-refractivity contribution < 1.29 is 9.84 Å². The van der Waals surface area contributed by atoms with Crippen LogP contribution in [0.25, 0.3) is 0 Å². The molecule has 0 radical (unpaired) electrons. The van der Waals surface area contributed by atoms with Crippen molar-refractivity contribution >= 4 is 0 Å². The highest BCUT2D eigenvalue weighted by Crippen LogP contribution is 2.30. The summed E-state index contributed by atoms with van der Waals surface area (Å²) in [6.07, 6.45) is 0. The number of ether oxygens (including phenoxy) is 1. The van der Waals surface area contributed by atoms with Crippen molar-refractivity contribution in [3.63, 3.8) is 0 Å². The van der Waals surface area contributed by atoms with Crippen LogP contribution in [0.2, 0.25) is 0 Å². The first-order valence-electron chi connectivity index (χ1n) is 6.57. The highest BCUT2D eigenvalue weighted by atomic mass is 16.5. The van der Waals surface area contributed by atoms with Crippen LogP contribution in [0.5, 0.6) is 5.75 Å². The SMILES string of the molecule is CCOc1ccc(C(C)(O)c2ccc(C)cc2)cc1. The van der Waals surface area contributed by atoms with Crippen LogP contribution < -0.4 is 4.74 Å². The maximum Gasteiger partial charge on any atom is 0.119 e. The Morgan fingerprint density at radius 1 is 0.947 bits per heavy atom. The van der Waals surface area contributed by atoms with Crippen LogP contribution in [0, 0.1) is 6.92 Å². The molecule has 2 aromatic carbocycles. The van der Waals surface area contributed by atoms with E-state index in [4.69, 9.17) is 4.74 Å². The molecule has 0 heterocycles. The van der Waals surface area contributed by atoms with E-state index < -0.39 is 5.60 Å². The Hall–Kier alpha value is -1.80. The first kappa shape index (κ1) is 13.6. The molecule has 2 aromatic rings. The molecule has 1 unspecified atom stereocenters. The van der Waals surface area contributed by atoms with Crippen LogP contribution >= 0.6 is 0 Å². The van der Waals surface area contributed by atoms with Gasteiger partial charge in [-0.25, -0.2) is 0 Å². The van der Waals surface area contributed by atoms with Gasteiger partial charge in [0.25, 0.3) is 0 Å². The minimum absolute atomic E-state index is 0.647. The molecule has 2 heteroatoms. The van der Waals surface area contributed by atoms with Crippen LogP contribution in [-0.4, -0.2) is 11.7 Å². The van der Waals surface area contributed by atoms with Gasteiger partial charge in [-0.2, -0.15) is 0 Å². The number of benzene rings is 2. The monoisotopic (exact) mass is 256 g/mol. The first-order chi connectivity index (χ1) is 9.04. The molecular weight excluding hydrogens is 236 g/mol. The number of rotatable bonds is 4. The number of hydrogen-bond acceptors (Lipinski definition) is 2. The van der Waals surface area contributed by atoms with E-state index >= 15 is 0 Å². The zero-order valence-electron chi connectivity index (χ0n) is 11.7. The predicted molar refractivity (Wildman–Crippen MR) is 77.5 cm³/mol. The highest BCUT2D eigenvalue weighted by Gasteiger charge is 2.25. The Labute approximate surface area is 114 Å². The van der Waals surface area contributed by atoms with Crippen molar-refractivity contribution in [2.45, 2.75) is 26.4 Å². The Balaban J connectivity index is 2.30. The third-order valence-corrected chi connectivity index (χ3v) is 3.34. The third-order valence-electron chi connectivity index (χ3n) is 3.34. The molecule has 0 aliphatic carbocycles. The average Bonchev–Trinajstić information content (AvgIpc) is 2.40. The van der Waals surface area contributed by atoms with Gasteiger partial charge in [0.1, 0.15) is 11.4 Å². The van der Waals surface area contributed by atoms with Crippen LogP contribution in [0.4, 0.5) is 0 Å². The topological polar surface area (TPSA) is 29.5 Å². The summed E-state index contributed by atoms with van der Waals surface area (Å²) < 4.78 is 5.41. The zero-order chi connectivity index (χ0) is 13.9. The summed E-state index contributed by atoms with van der Waals surface area (Å²) in [5.41, 5.74) is 1.95. The van der Waals surface area contributed by atoms with E-state index in [0.717, 1.165) is 16.9 Å². The fraction of sp³-hybridized carbons (Fsp3) is 0.294. The van der Waals surface area contributed by atoms with Crippen LogP contribution in [-0.2, 0) is 5.60 Å². The Kier molecular flexibility index (Phi) is 3.91. The van der Waals surface area contributed by atoms with Gasteiger partial charge < -0.3 is 9.84 Å². The maximum atomic E-state index is 10.7. The van der Waals surface area contributed by atoms with Crippen LogP contribution in [0.1, 0.15) is 30.5 Å². The summed E-state index contributed by atoms with van der Waals surface area (Å²) >= 11 is 0. The molecule has 0 aliphatic rings. The van der Waals surface area contributed by atoms with Crippen molar-refractivity contribution in [2.24, 2.45) is 0 Å². The van der Waals surface area contributed by atoms with Gasteiger partial charge in [0, 0.05) is 0 Å². The Morgan fingerprint density at radius 2 is 1.42 bits per heavy atom. The summed E-state index contributed by atoms with van der Waals surface area (Å²) in [6, 6.07) is 15.5. The summed E-state index contributed by atoms with van der Waals surface area (Å²) in [4.78, 5) is 0. The number of hydrogen-bond donors (Lipinski definition) is 1. The van der Waals surface area contributed by atoms with E-state index in [1.807, 2.05) is 69.3 Å². The molecule has 2 rings (SSSR count). The standard InChI is InChI=1S/C17H20O2/c1-4-19-16-11-9-15(10-12-16)17(3,18)14-7-5-13(2)6-8-14/h5-12,18H,4H2,1-3H3. The molecule has 1 atom stereocenters. The zero-order valence-corrected chi connectivity index (χ0v) is 11.7.